The molecule has 0 heterocycles. The zero-order valence-electron chi connectivity index (χ0n) is 18.3. The van der Waals surface area contributed by atoms with E-state index in [2.05, 4.69) is 17.1 Å². The van der Waals surface area contributed by atoms with Crippen LogP contribution in [0.15, 0.2) is 29.3 Å². The first-order valence-corrected chi connectivity index (χ1v) is 10.9. The van der Waals surface area contributed by atoms with Gasteiger partial charge in [0.15, 0.2) is 5.54 Å². The van der Waals surface area contributed by atoms with E-state index in [1.54, 1.807) is 33.9 Å². The van der Waals surface area contributed by atoms with E-state index in [1.807, 2.05) is 12.1 Å². The first-order valence-electron chi connectivity index (χ1n) is 10.9. The van der Waals surface area contributed by atoms with Gasteiger partial charge >= 0.3 is 11.9 Å². The molecule has 1 aliphatic carbocycles. The van der Waals surface area contributed by atoms with E-state index in [0.29, 0.717) is 12.5 Å². The van der Waals surface area contributed by atoms with Gasteiger partial charge in [-0.15, -0.1) is 0 Å². The third-order valence-corrected chi connectivity index (χ3v) is 5.42. The van der Waals surface area contributed by atoms with Gasteiger partial charge in [0.25, 0.3) is 0 Å². The second kappa shape index (κ2) is 11.1. The number of carbonyl (C=O) groups is 2. The van der Waals surface area contributed by atoms with Crippen LogP contribution in [-0.2, 0) is 19.1 Å². The molecule has 5 nitrogen and oxygen atoms in total. The van der Waals surface area contributed by atoms with Gasteiger partial charge in [0, 0.05) is 12.6 Å². The summed E-state index contributed by atoms with van der Waals surface area (Å²) in [6, 6.07) is 8.43. The summed E-state index contributed by atoms with van der Waals surface area (Å²) in [7, 11) is 0. The number of aliphatic imine (C=N–C) groups is 1. The van der Waals surface area contributed by atoms with Crippen molar-refractivity contribution in [1.29, 1.82) is 0 Å². The van der Waals surface area contributed by atoms with Gasteiger partial charge in [-0.05, 0) is 64.0 Å². The predicted octanol–water partition coefficient (Wildman–Crippen LogP) is 5.21. The van der Waals surface area contributed by atoms with Crippen LogP contribution in [0.3, 0.4) is 0 Å². The summed E-state index contributed by atoms with van der Waals surface area (Å²) in [5.41, 5.74) is 1.19. The van der Waals surface area contributed by atoms with Gasteiger partial charge in [-0.25, -0.2) is 4.79 Å². The highest BCUT2D eigenvalue weighted by Crippen LogP contribution is 2.32. The highest BCUT2D eigenvalue weighted by atomic mass is 16.5. The third kappa shape index (κ3) is 7.30. The van der Waals surface area contributed by atoms with Crippen LogP contribution in [-0.4, -0.2) is 36.4 Å². The molecule has 29 heavy (non-hydrogen) atoms. The molecule has 1 aromatic carbocycles. The maximum absolute atomic E-state index is 12.6. The topological polar surface area (TPSA) is 65.0 Å². The van der Waals surface area contributed by atoms with E-state index >= 15 is 0 Å². The number of esters is 2. The van der Waals surface area contributed by atoms with Crippen LogP contribution in [0.5, 0.6) is 0 Å². The molecular weight excluding hydrogens is 366 g/mol. The number of hydrogen-bond acceptors (Lipinski definition) is 5. The van der Waals surface area contributed by atoms with Gasteiger partial charge in [-0.2, -0.15) is 0 Å². The average molecular weight is 402 g/mol. The molecule has 2 rings (SSSR count). The molecule has 0 radical (unpaired) electrons. The van der Waals surface area contributed by atoms with Gasteiger partial charge in [-0.3, -0.25) is 9.79 Å². The van der Waals surface area contributed by atoms with Crippen LogP contribution in [0.1, 0.15) is 89.7 Å². The molecule has 0 aromatic heterocycles. The zero-order valence-corrected chi connectivity index (χ0v) is 18.3. The minimum Gasteiger partial charge on any atom is -0.466 e. The Morgan fingerprint density at radius 3 is 2.41 bits per heavy atom. The molecule has 5 heteroatoms. The minimum absolute atomic E-state index is 0.121. The summed E-state index contributed by atoms with van der Waals surface area (Å²) in [5.74, 6) is -0.0967. The summed E-state index contributed by atoms with van der Waals surface area (Å²) < 4.78 is 10.4. The Kier molecular flexibility index (Phi) is 8.87. The van der Waals surface area contributed by atoms with Crippen LogP contribution in [0.4, 0.5) is 0 Å². The molecule has 1 aliphatic rings. The van der Waals surface area contributed by atoms with Crippen molar-refractivity contribution in [3.8, 4) is 0 Å². The van der Waals surface area contributed by atoms with Crippen LogP contribution >= 0.6 is 0 Å². The van der Waals surface area contributed by atoms with Crippen LogP contribution in [0, 0.1) is 0 Å². The van der Waals surface area contributed by atoms with Crippen LogP contribution in [0.25, 0.3) is 0 Å². The minimum atomic E-state index is -1.13. The van der Waals surface area contributed by atoms with Gasteiger partial charge in [0.2, 0.25) is 0 Å². The van der Waals surface area contributed by atoms with E-state index in [4.69, 9.17) is 9.47 Å². The number of nitrogens with zero attached hydrogens (tertiary/aromatic N) is 1. The molecule has 1 saturated carbocycles. The zero-order chi connectivity index (χ0) is 21.3. The number of benzene rings is 1. The molecule has 160 valence electrons. The molecule has 0 saturated heterocycles. The van der Waals surface area contributed by atoms with Crippen molar-refractivity contribution in [3.05, 3.63) is 35.4 Å². The van der Waals surface area contributed by atoms with E-state index in [0.717, 1.165) is 5.56 Å². The number of carbonyl (C=O) groups excluding carboxylic acids is 2. The molecule has 0 bridgehead atoms. The number of hydrogen-bond donors (Lipinski definition) is 0. The lowest BCUT2D eigenvalue weighted by Crippen LogP contribution is -2.37. The van der Waals surface area contributed by atoms with Crippen molar-refractivity contribution in [2.75, 3.05) is 6.61 Å². The Balaban J connectivity index is 2.10. The maximum atomic E-state index is 12.6. The summed E-state index contributed by atoms with van der Waals surface area (Å²) >= 11 is 0. The van der Waals surface area contributed by atoms with Gasteiger partial charge < -0.3 is 9.47 Å². The van der Waals surface area contributed by atoms with E-state index < -0.39 is 11.5 Å². The normalized spacial score (nSPS) is 17.3. The first kappa shape index (κ1) is 23.1. The Morgan fingerprint density at radius 2 is 1.83 bits per heavy atom. The quantitative estimate of drug-likeness (QED) is 0.421. The molecule has 1 unspecified atom stereocenters. The van der Waals surface area contributed by atoms with Crippen LogP contribution in [0.2, 0.25) is 0 Å². The summed E-state index contributed by atoms with van der Waals surface area (Å²) in [5, 5.41) is 0. The Bertz CT molecular complexity index is 689. The van der Waals surface area contributed by atoms with Crippen molar-refractivity contribution >= 4 is 18.2 Å². The molecule has 0 spiro atoms. The summed E-state index contributed by atoms with van der Waals surface area (Å²) in [6.07, 6.45) is 8.32. The predicted molar refractivity (Wildman–Crippen MR) is 115 cm³/mol. The van der Waals surface area contributed by atoms with Gasteiger partial charge in [0.1, 0.15) is 0 Å². The Labute approximate surface area is 174 Å². The smallest absolute Gasteiger partial charge is 0.333 e. The monoisotopic (exact) mass is 401 g/mol. The van der Waals surface area contributed by atoms with Crippen LogP contribution < -0.4 is 0 Å². The highest BCUT2D eigenvalue weighted by molar-refractivity contribution is 5.87. The highest BCUT2D eigenvalue weighted by Gasteiger charge is 2.35. The Morgan fingerprint density at radius 1 is 1.17 bits per heavy atom. The molecular formula is C24H35NO4. The van der Waals surface area contributed by atoms with E-state index in [1.165, 1.54) is 37.7 Å². The van der Waals surface area contributed by atoms with Gasteiger partial charge in [0.05, 0.1) is 12.7 Å². The van der Waals surface area contributed by atoms with E-state index in [-0.39, 0.29) is 24.9 Å². The van der Waals surface area contributed by atoms with Crippen molar-refractivity contribution in [2.24, 2.45) is 4.99 Å². The molecule has 1 atom stereocenters. The standard InChI is InChI=1S/C24H35NO4/c1-5-28-22(26)15-16-24(4,23(27)29-18(2)3)25-17-19-11-13-21(14-12-19)20-9-7-6-8-10-20/h11-14,17-18,20H,5-10,15-16H2,1-4H3. The lowest BCUT2D eigenvalue weighted by Gasteiger charge is -2.24. The lowest BCUT2D eigenvalue weighted by molar-refractivity contribution is -0.154. The third-order valence-electron chi connectivity index (χ3n) is 5.42. The Hall–Kier alpha value is -2.17. The second-order valence-electron chi connectivity index (χ2n) is 8.29. The first-order chi connectivity index (χ1) is 13.8. The van der Waals surface area contributed by atoms with Crippen molar-refractivity contribution in [2.45, 2.75) is 90.2 Å². The molecule has 0 amide bonds. The fourth-order valence-corrected chi connectivity index (χ4v) is 3.65. The molecule has 1 aromatic rings. The summed E-state index contributed by atoms with van der Waals surface area (Å²) in [6.45, 7) is 7.40. The van der Waals surface area contributed by atoms with Crippen molar-refractivity contribution in [1.82, 2.24) is 0 Å². The molecule has 1 fully saturated rings. The number of rotatable bonds is 9. The average Bonchev–Trinajstić information content (AvgIpc) is 2.71. The lowest BCUT2D eigenvalue weighted by atomic mass is 9.84. The largest absolute Gasteiger partial charge is 0.466 e. The second-order valence-corrected chi connectivity index (χ2v) is 8.29. The number of ether oxygens (including phenoxy) is 2. The SMILES string of the molecule is CCOC(=O)CCC(C)(N=Cc1ccc(C2CCCCC2)cc1)C(=O)OC(C)C. The molecule has 0 N–H and O–H groups in total. The van der Waals surface area contributed by atoms with Crippen molar-refractivity contribution in [3.63, 3.8) is 0 Å². The van der Waals surface area contributed by atoms with E-state index in [9.17, 15) is 9.59 Å². The fraction of sp³-hybridized carbons (Fsp3) is 0.625. The summed E-state index contributed by atoms with van der Waals surface area (Å²) in [4.78, 5) is 29.0. The van der Waals surface area contributed by atoms with Gasteiger partial charge in [-0.1, -0.05) is 43.5 Å². The maximum Gasteiger partial charge on any atom is 0.333 e. The fourth-order valence-electron chi connectivity index (χ4n) is 3.65. The molecule has 0 aliphatic heterocycles. The van der Waals surface area contributed by atoms with Crippen molar-refractivity contribution < 1.29 is 19.1 Å².